The Balaban J connectivity index is 1.33. The number of carbonyl (C=O) groups excluding carboxylic acids is 1. The van der Waals surface area contributed by atoms with Gasteiger partial charge in [0.05, 0.1) is 31.9 Å². The van der Waals surface area contributed by atoms with Crippen molar-refractivity contribution in [3.05, 3.63) is 83.9 Å². The number of rotatable bonds is 6. The average Bonchev–Trinajstić information content (AvgIpc) is 3.24. The molecule has 4 aromatic rings. The number of benzene rings is 3. The quantitative estimate of drug-likeness (QED) is 0.489. The van der Waals surface area contributed by atoms with E-state index in [0.717, 1.165) is 46.0 Å². The molecular weight excluding hydrogens is 407 g/mol. The molecule has 5 nitrogen and oxygen atoms in total. The van der Waals surface area contributed by atoms with Crippen LogP contribution in [0.4, 0.5) is 4.39 Å². The van der Waals surface area contributed by atoms with Crippen molar-refractivity contribution < 1.29 is 18.3 Å². The number of fused-ring (bicyclic) bond motifs is 3. The first-order chi connectivity index (χ1) is 15.7. The molecule has 0 radical (unpaired) electrons. The van der Waals surface area contributed by atoms with Crippen LogP contribution in [0.3, 0.4) is 0 Å². The standard InChI is InChI=1S/C26H25FN2O3/c27-21-8-5-19(6-9-21)23(29-11-13-31-14-12-29)16-28-25(30)15-20-17-32-24-10-7-18-3-1-2-4-22(18)26(20)24/h1-10,17,23H,11-16H2,(H,28,30). The van der Waals surface area contributed by atoms with E-state index in [1.54, 1.807) is 18.4 Å². The van der Waals surface area contributed by atoms with E-state index in [9.17, 15) is 9.18 Å². The maximum Gasteiger partial charge on any atom is 0.224 e. The molecule has 5 rings (SSSR count). The van der Waals surface area contributed by atoms with Crippen LogP contribution in [0, 0.1) is 5.82 Å². The monoisotopic (exact) mass is 432 g/mol. The molecule has 3 aromatic carbocycles. The van der Waals surface area contributed by atoms with Gasteiger partial charge in [0, 0.05) is 30.6 Å². The van der Waals surface area contributed by atoms with Crippen LogP contribution in [0.15, 0.2) is 71.3 Å². The molecule has 0 bridgehead atoms. The van der Waals surface area contributed by atoms with Gasteiger partial charge in [0.1, 0.15) is 11.4 Å². The van der Waals surface area contributed by atoms with E-state index in [2.05, 4.69) is 22.3 Å². The molecular formula is C26H25FN2O3. The van der Waals surface area contributed by atoms with Gasteiger partial charge in [-0.25, -0.2) is 4.39 Å². The van der Waals surface area contributed by atoms with Gasteiger partial charge in [-0.15, -0.1) is 0 Å². The number of hydrogen-bond donors (Lipinski definition) is 1. The van der Waals surface area contributed by atoms with Crippen molar-refractivity contribution in [2.75, 3.05) is 32.8 Å². The summed E-state index contributed by atoms with van der Waals surface area (Å²) in [5.74, 6) is -0.335. The first-order valence-corrected chi connectivity index (χ1v) is 10.9. The summed E-state index contributed by atoms with van der Waals surface area (Å²) in [4.78, 5) is 15.2. The Morgan fingerprint density at radius 2 is 1.81 bits per heavy atom. The van der Waals surface area contributed by atoms with Gasteiger partial charge in [-0.3, -0.25) is 9.69 Å². The second-order valence-corrected chi connectivity index (χ2v) is 8.12. The summed E-state index contributed by atoms with van der Waals surface area (Å²) < 4.78 is 24.6. The van der Waals surface area contributed by atoms with Crippen LogP contribution in [-0.2, 0) is 16.0 Å². The zero-order valence-electron chi connectivity index (χ0n) is 17.7. The molecule has 1 N–H and O–H groups in total. The van der Waals surface area contributed by atoms with E-state index in [4.69, 9.17) is 9.15 Å². The van der Waals surface area contributed by atoms with Crippen LogP contribution in [0.2, 0.25) is 0 Å². The molecule has 1 aliphatic heterocycles. The minimum absolute atomic E-state index is 0.0367. The minimum Gasteiger partial charge on any atom is -0.464 e. The summed E-state index contributed by atoms with van der Waals surface area (Å²) in [6.07, 6.45) is 1.91. The Labute approximate surface area is 185 Å². The van der Waals surface area contributed by atoms with Crippen LogP contribution >= 0.6 is 0 Å². The third kappa shape index (κ3) is 4.24. The molecule has 1 fully saturated rings. The van der Waals surface area contributed by atoms with Gasteiger partial charge in [-0.2, -0.15) is 0 Å². The molecule has 1 saturated heterocycles. The Kier molecular flexibility index (Phi) is 5.88. The molecule has 164 valence electrons. The molecule has 1 aromatic heterocycles. The zero-order chi connectivity index (χ0) is 21.9. The predicted molar refractivity (Wildman–Crippen MR) is 122 cm³/mol. The fourth-order valence-electron chi connectivity index (χ4n) is 4.48. The first-order valence-electron chi connectivity index (χ1n) is 10.9. The van der Waals surface area contributed by atoms with Crippen LogP contribution in [-0.4, -0.2) is 43.7 Å². The van der Waals surface area contributed by atoms with Crippen molar-refractivity contribution in [2.24, 2.45) is 0 Å². The first kappa shape index (κ1) is 20.7. The van der Waals surface area contributed by atoms with Gasteiger partial charge in [-0.05, 0) is 34.5 Å². The third-order valence-corrected chi connectivity index (χ3v) is 6.12. The Bertz CT molecular complexity index is 1230. The normalized spacial score (nSPS) is 15.8. The molecule has 1 unspecified atom stereocenters. The SMILES string of the molecule is O=C(Cc1coc2ccc3ccccc3c12)NCC(c1ccc(F)cc1)N1CCOCC1. The molecule has 2 heterocycles. The highest BCUT2D eigenvalue weighted by molar-refractivity contribution is 6.08. The third-order valence-electron chi connectivity index (χ3n) is 6.12. The van der Waals surface area contributed by atoms with Crippen LogP contribution in [0.5, 0.6) is 0 Å². The highest BCUT2D eigenvalue weighted by Crippen LogP contribution is 2.30. The van der Waals surface area contributed by atoms with E-state index < -0.39 is 0 Å². The Morgan fingerprint density at radius 3 is 2.62 bits per heavy atom. The van der Waals surface area contributed by atoms with Crippen molar-refractivity contribution in [1.82, 2.24) is 10.2 Å². The van der Waals surface area contributed by atoms with E-state index in [1.165, 1.54) is 12.1 Å². The molecule has 1 amide bonds. The topological polar surface area (TPSA) is 54.7 Å². The lowest BCUT2D eigenvalue weighted by Crippen LogP contribution is -2.44. The summed E-state index contributed by atoms with van der Waals surface area (Å²) in [5.41, 5.74) is 2.64. The smallest absolute Gasteiger partial charge is 0.224 e. The summed E-state index contributed by atoms with van der Waals surface area (Å²) in [7, 11) is 0. The van der Waals surface area contributed by atoms with Crippen molar-refractivity contribution in [3.63, 3.8) is 0 Å². The molecule has 0 spiro atoms. The molecule has 32 heavy (non-hydrogen) atoms. The number of nitrogens with zero attached hydrogens (tertiary/aromatic N) is 1. The summed E-state index contributed by atoms with van der Waals surface area (Å²) in [5, 5.41) is 6.27. The fraction of sp³-hybridized carbons (Fsp3) is 0.269. The minimum atomic E-state index is -0.266. The maximum absolute atomic E-state index is 13.4. The van der Waals surface area contributed by atoms with E-state index >= 15 is 0 Å². The molecule has 1 atom stereocenters. The number of halogens is 1. The van der Waals surface area contributed by atoms with Crippen LogP contribution in [0.25, 0.3) is 21.7 Å². The lowest BCUT2D eigenvalue weighted by molar-refractivity contribution is -0.120. The number of nitrogens with one attached hydrogen (secondary N) is 1. The highest BCUT2D eigenvalue weighted by atomic mass is 19.1. The number of amides is 1. The van der Waals surface area contributed by atoms with Gasteiger partial charge in [0.25, 0.3) is 0 Å². The molecule has 6 heteroatoms. The van der Waals surface area contributed by atoms with Crippen LogP contribution < -0.4 is 5.32 Å². The van der Waals surface area contributed by atoms with E-state index in [1.807, 2.05) is 24.3 Å². The van der Waals surface area contributed by atoms with E-state index in [-0.39, 0.29) is 24.2 Å². The van der Waals surface area contributed by atoms with Crippen molar-refractivity contribution >= 4 is 27.6 Å². The van der Waals surface area contributed by atoms with E-state index in [0.29, 0.717) is 19.8 Å². The maximum atomic E-state index is 13.4. The lowest BCUT2D eigenvalue weighted by atomic mass is 10.0. The zero-order valence-corrected chi connectivity index (χ0v) is 17.7. The summed E-state index contributed by atoms with van der Waals surface area (Å²) >= 11 is 0. The summed E-state index contributed by atoms with van der Waals surface area (Å²) in [6.45, 7) is 3.30. The van der Waals surface area contributed by atoms with Gasteiger partial charge in [0.2, 0.25) is 5.91 Å². The summed E-state index contributed by atoms with van der Waals surface area (Å²) in [6, 6.07) is 18.6. The molecule has 0 aliphatic carbocycles. The Hall–Kier alpha value is -3.22. The lowest BCUT2D eigenvalue weighted by Gasteiger charge is -2.35. The molecule has 1 aliphatic rings. The number of furan rings is 1. The number of carbonyl (C=O) groups is 1. The van der Waals surface area contributed by atoms with Gasteiger partial charge >= 0.3 is 0 Å². The van der Waals surface area contributed by atoms with Crippen molar-refractivity contribution in [2.45, 2.75) is 12.5 Å². The largest absolute Gasteiger partial charge is 0.464 e. The predicted octanol–water partition coefficient (Wildman–Crippen LogP) is 4.46. The van der Waals surface area contributed by atoms with Crippen molar-refractivity contribution in [1.29, 1.82) is 0 Å². The second-order valence-electron chi connectivity index (χ2n) is 8.12. The fourth-order valence-corrected chi connectivity index (χ4v) is 4.48. The van der Waals surface area contributed by atoms with Crippen molar-refractivity contribution in [3.8, 4) is 0 Å². The van der Waals surface area contributed by atoms with Crippen LogP contribution in [0.1, 0.15) is 17.2 Å². The number of hydrogen-bond acceptors (Lipinski definition) is 4. The van der Waals surface area contributed by atoms with Gasteiger partial charge < -0.3 is 14.5 Å². The molecule has 0 saturated carbocycles. The second kappa shape index (κ2) is 9.10. The highest BCUT2D eigenvalue weighted by Gasteiger charge is 2.23. The number of morpholine rings is 1. The van der Waals surface area contributed by atoms with Gasteiger partial charge in [-0.1, -0.05) is 42.5 Å². The van der Waals surface area contributed by atoms with Gasteiger partial charge in [0.15, 0.2) is 0 Å². The number of ether oxygens (including phenoxy) is 1. The average molecular weight is 432 g/mol. The Morgan fingerprint density at radius 1 is 1.03 bits per heavy atom.